The van der Waals surface area contributed by atoms with Crippen LogP contribution in [-0.4, -0.2) is 42.1 Å². The number of para-hydroxylation sites is 1. The van der Waals surface area contributed by atoms with Crippen molar-refractivity contribution in [2.24, 2.45) is 5.92 Å². The Labute approximate surface area is 144 Å². The monoisotopic (exact) mass is 325 g/mol. The molecule has 0 aliphatic carbocycles. The van der Waals surface area contributed by atoms with Gasteiger partial charge in [0.15, 0.2) is 0 Å². The van der Waals surface area contributed by atoms with Crippen molar-refractivity contribution in [1.82, 2.24) is 14.8 Å². The van der Waals surface area contributed by atoms with E-state index in [1.54, 1.807) is 0 Å². The highest BCUT2D eigenvalue weighted by atomic mass is 16.2. The molecule has 1 N–H and O–H groups in total. The maximum atomic E-state index is 13.0. The minimum absolute atomic E-state index is 0.168. The summed E-state index contributed by atoms with van der Waals surface area (Å²) >= 11 is 0. The number of carbonyl (C=O) groups is 1. The summed E-state index contributed by atoms with van der Waals surface area (Å²) in [5.74, 6) is 0.736. The zero-order chi connectivity index (χ0) is 17.3. The van der Waals surface area contributed by atoms with Crippen LogP contribution in [-0.2, 0) is 0 Å². The number of aromatic nitrogens is 1. The van der Waals surface area contributed by atoms with Crippen LogP contribution in [0.5, 0.6) is 0 Å². The Morgan fingerprint density at radius 2 is 2.00 bits per heavy atom. The number of nitrogens with zero attached hydrogens (tertiary/aromatic N) is 2. The van der Waals surface area contributed by atoms with E-state index >= 15 is 0 Å². The average molecular weight is 325 g/mol. The number of carbonyl (C=O) groups excluding carboxylic acids is 1. The first kappa shape index (κ1) is 16.8. The molecule has 1 amide bonds. The fourth-order valence-electron chi connectivity index (χ4n) is 3.81. The number of hydrogen-bond acceptors (Lipinski definition) is 2. The number of aryl methyl sites for hydroxylation is 2. The predicted octanol–water partition coefficient (Wildman–Crippen LogP) is 3.08. The van der Waals surface area contributed by atoms with Gasteiger partial charge < -0.3 is 14.8 Å². The molecule has 1 aliphatic rings. The molecule has 1 atom stereocenters. The van der Waals surface area contributed by atoms with Crippen molar-refractivity contribution in [2.75, 3.05) is 26.7 Å². The van der Waals surface area contributed by atoms with E-state index in [1.807, 2.05) is 37.1 Å². The van der Waals surface area contributed by atoms with Gasteiger partial charge in [-0.05, 0) is 64.4 Å². The van der Waals surface area contributed by atoms with Gasteiger partial charge in [0, 0.05) is 30.2 Å². The van der Waals surface area contributed by atoms with E-state index in [0.29, 0.717) is 5.92 Å². The highest BCUT2D eigenvalue weighted by Crippen LogP contribution is 2.26. The van der Waals surface area contributed by atoms with Crippen LogP contribution in [0.3, 0.4) is 0 Å². The van der Waals surface area contributed by atoms with Gasteiger partial charge >= 0.3 is 0 Å². The van der Waals surface area contributed by atoms with Crippen LogP contribution >= 0.6 is 0 Å². The van der Waals surface area contributed by atoms with Gasteiger partial charge in [-0.15, -0.1) is 0 Å². The fraction of sp³-hybridized carbons (Fsp3) is 0.450. The minimum atomic E-state index is 0.168. The van der Waals surface area contributed by atoms with Gasteiger partial charge in [-0.3, -0.25) is 4.79 Å². The van der Waals surface area contributed by atoms with E-state index < -0.39 is 0 Å². The average Bonchev–Trinajstić information content (AvgIpc) is 3.13. The van der Waals surface area contributed by atoms with Crippen molar-refractivity contribution in [3.8, 4) is 5.69 Å². The molecule has 1 saturated heterocycles. The normalized spacial score (nSPS) is 17.5. The Kier molecular flexibility index (Phi) is 4.76. The lowest BCUT2D eigenvalue weighted by molar-refractivity contribution is 0.0786. The summed E-state index contributed by atoms with van der Waals surface area (Å²) in [6.45, 7) is 8.93. The van der Waals surface area contributed by atoms with Gasteiger partial charge in [0.25, 0.3) is 5.91 Å². The lowest BCUT2D eigenvalue weighted by atomic mass is 10.1. The second kappa shape index (κ2) is 6.81. The van der Waals surface area contributed by atoms with Crippen LogP contribution in [0.2, 0.25) is 0 Å². The smallest absolute Gasteiger partial charge is 0.255 e. The van der Waals surface area contributed by atoms with E-state index in [9.17, 15) is 4.79 Å². The summed E-state index contributed by atoms with van der Waals surface area (Å²) in [6.07, 6.45) is 1.09. The van der Waals surface area contributed by atoms with E-state index in [1.165, 1.54) is 5.56 Å². The van der Waals surface area contributed by atoms with Crippen molar-refractivity contribution < 1.29 is 4.79 Å². The maximum Gasteiger partial charge on any atom is 0.255 e. The Balaban J connectivity index is 1.90. The Morgan fingerprint density at radius 1 is 1.25 bits per heavy atom. The second-order valence-corrected chi connectivity index (χ2v) is 6.87. The van der Waals surface area contributed by atoms with Gasteiger partial charge in [0.05, 0.1) is 5.56 Å². The van der Waals surface area contributed by atoms with Crippen molar-refractivity contribution in [2.45, 2.75) is 27.2 Å². The molecule has 128 valence electrons. The van der Waals surface area contributed by atoms with Crippen molar-refractivity contribution in [1.29, 1.82) is 0 Å². The summed E-state index contributed by atoms with van der Waals surface area (Å²) in [7, 11) is 1.97. The molecule has 4 heteroatoms. The third kappa shape index (κ3) is 2.98. The lowest BCUT2D eigenvalue weighted by Crippen LogP contribution is -2.30. The molecule has 0 spiro atoms. The maximum absolute atomic E-state index is 13.0. The number of rotatable bonds is 4. The molecule has 2 aromatic rings. The lowest BCUT2D eigenvalue weighted by Gasteiger charge is -2.17. The minimum Gasteiger partial charge on any atom is -0.338 e. The zero-order valence-electron chi connectivity index (χ0n) is 15.1. The second-order valence-electron chi connectivity index (χ2n) is 6.87. The Bertz CT molecular complexity index is 747. The highest BCUT2D eigenvalue weighted by Gasteiger charge is 2.28. The molecule has 3 rings (SSSR count). The third-order valence-corrected chi connectivity index (χ3v) is 5.08. The molecular weight excluding hydrogens is 298 g/mol. The third-order valence-electron chi connectivity index (χ3n) is 5.08. The first-order valence-electron chi connectivity index (χ1n) is 8.71. The first-order chi connectivity index (χ1) is 11.5. The quantitative estimate of drug-likeness (QED) is 0.938. The summed E-state index contributed by atoms with van der Waals surface area (Å²) < 4.78 is 2.20. The molecule has 2 heterocycles. The summed E-state index contributed by atoms with van der Waals surface area (Å²) in [5.41, 5.74) is 5.34. The Hall–Kier alpha value is -2.07. The van der Waals surface area contributed by atoms with Crippen LogP contribution in [0.25, 0.3) is 5.69 Å². The number of nitrogens with one attached hydrogen (secondary N) is 1. The van der Waals surface area contributed by atoms with Crippen molar-refractivity contribution in [3.05, 3.63) is 52.8 Å². The fourth-order valence-corrected chi connectivity index (χ4v) is 3.81. The van der Waals surface area contributed by atoms with Gasteiger partial charge in [0.1, 0.15) is 0 Å². The predicted molar refractivity (Wildman–Crippen MR) is 97.9 cm³/mol. The molecule has 0 unspecified atom stereocenters. The topological polar surface area (TPSA) is 37.3 Å². The molecule has 1 aromatic heterocycles. The first-order valence-corrected chi connectivity index (χ1v) is 8.71. The Morgan fingerprint density at radius 3 is 2.71 bits per heavy atom. The highest BCUT2D eigenvalue weighted by molar-refractivity contribution is 5.96. The summed E-state index contributed by atoms with van der Waals surface area (Å²) in [6, 6.07) is 10.4. The molecule has 0 bridgehead atoms. The number of hydrogen-bond donors (Lipinski definition) is 1. The van der Waals surface area contributed by atoms with E-state index in [4.69, 9.17) is 0 Å². The van der Waals surface area contributed by atoms with Gasteiger partial charge in [0.2, 0.25) is 0 Å². The van der Waals surface area contributed by atoms with Gasteiger partial charge in [-0.2, -0.15) is 0 Å². The summed E-state index contributed by atoms with van der Waals surface area (Å²) in [4.78, 5) is 15.0. The SMILES string of the molecule is CNC[C@H]1CCN(C(=O)c2cc(C)n(-c3ccccc3C)c2C)C1. The van der Waals surface area contributed by atoms with Crippen LogP contribution < -0.4 is 5.32 Å². The zero-order valence-corrected chi connectivity index (χ0v) is 15.1. The van der Waals surface area contributed by atoms with Crippen molar-refractivity contribution in [3.63, 3.8) is 0 Å². The van der Waals surface area contributed by atoms with Gasteiger partial charge in [-0.25, -0.2) is 0 Å². The van der Waals surface area contributed by atoms with Crippen LogP contribution in [0.1, 0.15) is 33.7 Å². The molecule has 0 radical (unpaired) electrons. The molecule has 1 aliphatic heterocycles. The number of amides is 1. The number of benzene rings is 1. The van der Waals surface area contributed by atoms with Gasteiger partial charge in [-0.1, -0.05) is 18.2 Å². The summed E-state index contributed by atoms with van der Waals surface area (Å²) in [5, 5.41) is 3.22. The largest absolute Gasteiger partial charge is 0.338 e. The molecule has 0 saturated carbocycles. The molecular formula is C20H27N3O. The van der Waals surface area contributed by atoms with Crippen LogP contribution in [0, 0.1) is 26.7 Å². The van der Waals surface area contributed by atoms with Crippen LogP contribution in [0.4, 0.5) is 0 Å². The van der Waals surface area contributed by atoms with E-state index in [-0.39, 0.29) is 5.91 Å². The molecule has 24 heavy (non-hydrogen) atoms. The van der Waals surface area contributed by atoms with Crippen LogP contribution in [0.15, 0.2) is 30.3 Å². The molecule has 1 aromatic carbocycles. The van der Waals surface area contributed by atoms with E-state index in [2.05, 4.69) is 35.9 Å². The number of likely N-dealkylation sites (tertiary alicyclic amines) is 1. The van der Waals surface area contributed by atoms with Crippen molar-refractivity contribution >= 4 is 5.91 Å². The van der Waals surface area contributed by atoms with E-state index in [0.717, 1.165) is 48.7 Å². The standard InChI is InChI=1S/C20H27N3O/c1-14-7-5-6-8-19(14)23-15(2)11-18(16(23)3)20(24)22-10-9-17(13-22)12-21-4/h5-8,11,17,21H,9-10,12-13H2,1-4H3/t17-/m1/s1. The molecule has 4 nitrogen and oxygen atoms in total. The molecule has 1 fully saturated rings.